The lowest BCUT2D eigenvalue weighted by Gasteiger charge is -2.51. The summed E-state index contributed by atoms with van der Waals surface area (Å²) in [6, 6.07) is 0. The Balaban J connectivity index is 1.46. The molecule has 40 heavy (non-hydrogen) atoms. The normalized spacial score (nSPS) is 33.0. The Morgan fingerprint density at radius 2 is 1.55 bits per heavy atom. The predicted molar refractivity (Wildman–Crippen MR) is 164 cm³/mol. The summed E-state index contributed by atoms with van der Waals surface area (Å²) in [5.41, 5.74) is 11.8. The average molecular weight is 545 g/mol. The third-order valence-electron chi connectivity index (χ3n) is 10.8. The maximum atomic E-state index is 13.8. The Kier molecular flexibility index (Phi) is 9.71. The number of hydrogen-bond donors (Lipinski definition) is 0. The Morgan fingerprint density at radius 3 is 2.23 bits per heavy atom. The molecule has 8 unspecified atom stereocenters. The van der Waals surface area contributed by atoms with Gasteiger partial charge in [-0.25, -0.2) is 4.39 Å². The van der Waals surface area contributed by atoms with Gasteiger partial charge < -0.3 is 0 Å². The second kappa shape index (κ2) is 13.2. The third-order valence-corrected chi connectivity index (χ3v) is 10.8. The maximum absolute atomic E-state index is 13.8. The number of fused-ring (bicyclic) bond motifs is 2. The molecule has 0 amide bonds. The summed E-state index contributed by atoms with van der Waals surface area (Å²) in [6.07, 6.45) is 26.6. The van der Waals surface area contributed by atoms with E-state index in [1.807, 2.05) is 6.08 Å². The first-order valence-corrected chi connectivity index (χ1v) is 16.4. The standard InChI is InChI=1S/C38H50F2/c1-5-6-25(2)7-19-33-36-22-14-30(29-12-17-32(40)18-13-29)24-38(36)35(34-20-8-26(3)23-37(33)34)21-9-27(4)28-10-15-31(39)16-11-28/h10,12,15,17,23-27,30,33-36H,5-9,13-14,18-22H2,1-4H3. The summed E-state index contributed by atoms with van der Waals surface area (Å²) in [5.74, 6) is 4.54. The highest BCUT2D eigenvalue weighted by atomic mass is 19.1. The van der Waals surface area contributed by atoms with Crippen LogP contribution in [0.1, 0.15) is 105 Å². The Labute approximate surface area is 242 Å². The largest absolute Gasteiger partial charge is 0.212 e. The van der Waals surface area contributed by atoms with Crippen molar-refractivity contribution in [2.45, 2.75) is 105 Å². The van der Waals surface area contributed by atoms with E-state index in [0.29, 0.717) is 47.8 Å². The van der Waals surface area contributed by atoms with Gasteiger partial charge in [-0.3, -0.25) is 0 Å². The molecule has 0 aromatic heterocycles. The van der Waals surface area contributed by atoms with Crippen LogP contribution in [0.15, 0.2) is 81.9 Å². The summed E-state index contributed by atoms with van der Waals surface area (Å²) in [4.78, 5) is 0. The van der Waals surface area contributed by atoms with Gasteiger partial charge in [-0.15, -0.1) is 0 Å². The van der Waals surface area contributed by atoms with Crippen molar-refractivity contribution in [2.75, 3.05) is 0 Å². The molecular formula is C38H50F2. The Bertz CT molecular complexity index is 1190. The van der Waals surface area contributed by atoms with Gasteiger partial charge in [-0.2, -0.15) is 4.39 Å². The van der Waals surface area contributed by atoms with Gasteiger partial charge >= 0.3 is 0 Å². The van der Waals surface area contributed by atoms with E-state index in [1.54, 1.807) is 17.2 Å². The molecule has 0 aromatic rings. The first kappa shape index (κ1) is 29.4. The summed E-state index contributed by atoms with van der Waals surface area (Å²) >= 11 is 0. The van der Waals surface area contributed by atoms with E-state index >= 15 is 0 Å². The minimum atomic E-state index is -0.332. The molecule has 216 valence electrons. The van der Waals surface area contributed by atoms with Crippen molar-refractivity contribution < 1.29 is 8.78 Å². The van der Waals surface area contributed by atoms with Gasteiger partial charge in [-0.1, -0.05) is 87.6 Å². The monoisotopic (exact) mass is 544 g/mol. The van der Waals surface area contributed by atoms with Crippen molar-refractivity contribution in [3.05, 3.63) is 81.9 Å². The van der Waals surface area contributed by atoms with Crippen LogP contribution < -0.4 is 0 Å². The fourth-order valence-corrected chi connectivity index (χ4v) is 8.56. The lowest BCUT2D eigenvalue weighted by molar-refractivity contribution is 0.181. The van der Waals surface area contributed by atoms with Crippen LogP contribution in [0.5, 0.6) is 0 Å². The molecule has 0 N–H and O–H groups in total. The van der Waals surface area contributed by atoms with Crippen molar-refractivity contribution >= 4 is 0 Å². The molecule has 2 heteroatoms. The summed E-state index contributed by atoms with van der Waals surface area (Å²) in [5, 5.41) is 0. The first-order chi connectivity index (χ1) is 19.3. The molecule has 0 spiro atoms. The van der Waals surface area contributed by atoms with E-state index in [1.165, 1.54) is 69.4 Å². The molecule has 0 heterocycles. The fourth-order valence-electron chi connectivity index (χ4n) is 8.56. The smallest absolute Gasteiger partial charge is 0.173 e. The van der Waals surface area contributed by atoms with Gasteiger partial charge in [0, 0.05) is 12.0 Å². The van der Waals surface area contributed by atoms with E-state index in [0.717, 1.165) is 24.3 Å². The number of rotatable bonds is 10. The topological polar surface area (TPSA) is 0 Å². The second-order valence-corrected chi connectivity index (χ2v) is 13.7. The van der Waals surface area contributed by atoms with Crippen LogP contribution in [0.2, 0.25) is 0 Å². The fraction of sp³-hybridized carbons (Fsp3) is 0.632. The van der Waals surface area contributed by atoms with E-state index in [9.17, 15) is 8.78 Å². The highest BCUT2D eigenvalue weighted by Crippen LogP contribution is 2.57. The van der Waals surface area contributed by atoms with Crippen molar-refractivity contribution in [1.29, 1.82) is 0 Å². The average Bonchev–Trinajstić information content (AvgIpc) is 2.95. The lowest BCUT2D eigenvalue weighted by Crippen LogP contribution is -2.41. The zero-order valence-corrected chi connectivity index (χ0v) is 25.3. The number of hydrogen-bond acceptors (Lipinski definition) is 0. The minimum absolute atomic E-state index is 0.0248. The molecular weight excluding hydrogens is 494 g/mol. The SMILES string of the molecule is CCCC(C)CCC1C2=CC(C)CCC2C(CCC(C)C2=C=C=C(F)C=C2)C2=CC(C3=CC=C(F)CC3)CCC21. The molecule has 0 aliphatic heterocycles. The van der Waals surface area contributed by atoms with E-state index in [-0.39, 0.29) is 11.7 Å². The van der Waals surface area contributed by atoms with E-state index < -0.39 is 0 Å². The van der Waals surface area contributed by atoms with Crippen LogP contribution in [0.25, 0.3) is 0 Å². The Hall–Kier alpha value is -2.14. The first-order valence-electron chi connectivity index (χ1n) is 16.4. The third kappa shape index (κ3) is 6.66. The molecule has 0 aromatic carbocycles. The van der Waals surface area contributed by atoms with Crippen LogP contribution in [0.3, 0.4) is 0 Å². The zero-order chi connectivity index (χ0) is 28.2. The van der Waals surface area contributed by atoms with Gasteiger partial charge in [0.15, 0.2) is 5.83 Å². The predicted octanol–water partition coefficient (Wildman–Crippen LogP) is 11.5. The van der Waals surface area contributed by atoms with Crippen molar-refractivity contribution in [1.82, 2.24) is 0 Å². The molecule has 1 saturated carbocycles. The van der Waals surface area contributed by atoms with Crippen LogP contribution in [0, 0.1) is 47.3 Å². The zero-order valence-electron chi connectivity index (χ0n) is 25.3. The lowest BCUT2D eigenvalue weighted by atomic mass is 9.54. The van der Waals surface area contributed by atoms with E-state index in [2.05, 4.69) is 57.4 Å². The van der Waals surface area contributed by atoms with Crippen molar-refractivity contribution in [2.24, 2.45) is 47.3 Å². The quantitative estimate of drug-likeness (QED) is 0.189. The van der Waals surface area contributed by atoms with Gasteiger partial charge in [0.2, 0.25) is 0 Å². The van der Waals surface area contributed by atoms with Gasteiger partial charge in [0.25, 0.3) is 0 Å². The van der Waals surface area contributed by atoms with E-state index in [4.69, 9.17) is 0 Å². The summed E-state index contributed by atoms with van der Waals surface area (Å²) in [7, 11) is 0. The molecule has 5 aliphatic carbocycles. The van der Waals surface area contributed by atoms with Gasteiger partial charge in [-0.05, 0) is 123 Å². The number of halogens is 2. The summed E-state index contributed by atoms with van der Waals surface area (Å²) in [6.45, 7) is 9.45. The molecule has 0 radical (unpaired) electrons. The van der Waals surface area contributed by atoms with Crippen molar-refractivity contribution in [3.63, 3.8) is 0 Å². The Morgan fingerprint density at radius 1 is 0.825 bits per heavy atom. The molecule has 8 atom stereocenters. The molecule has 5 rings (SSSR count). The minimum Gasteiger partial charge on any atom is -0.212 e. The highest BCUT2D eigenvalue weighted by Gasteiger charge is 2.46. The maximum Gasteiger partial charge on any atom is 0.173 e. The van der Waals surface area contributed by atoms with Crippen LogP contribution >= 0.6 is 0 Å². The molecule has 5 aliphatic rings. The molecule has 0 saturated heterocycles. The molecule has 0 bridgehead atoms. The molecule has 1 fully saturated rings. The van der Waals surface area contributed by atoms with Crippen molar-refractivity contribution in [3.8, 4) is 0 Å². The number of allylic oxidation sites excluding steroid dienone is 12. The molecule has 0 nitrogen and oxygen atoms in total. The van der Waals surface area contributed by atoms with Crippen LogP contribution in [-0.2, 0) is 0 Å². The van der Waals surface area contributed by atoms with Gasteiger partial charge in [0.1, 0.15) is 5.83 Å². The van der Waals surface area contributed by atoms with Gasteiger partial charge in [0.05, 0.1) is 0 Å². The van der Waals surface area contributed by atoms with Crippen LogP contribution in [0.4, 0.5) is 8.78 Å². The second-order valence-electron chi connectivity index (χ2n) is 13.7. The van der Waals surface area contributed by atoms with Crippen LogP contribution in [-0.4, -0.2) is 0 Å². The highest BCUT2D eigenvalue weighted by molar-refractivity contribution is 5.36. The summed E-state index contributed by atoms with van der Waals surface area (Å²) < 4.78 is 27.3.